The lowest BCUT2D eigenvalue weighted by Gasteiger charge is -2.16. The maximum Gasteiger partial charge on any atom is 0.352 e. The van der Waals surface area contributed by atoms with E-state index in [9.17, 15) is 9.59 Å². The Morgan fingerprint density at radius 1 is 1.32 bits per heavy atom. The van der Waals surface area contributed by atoms with Gasteiger partial charge in [0.25, 0.3) is 0 Å². The molecule has 2 aromatic heterocycles. The van der Waals surface area contributed by atoms with Crippen molar-refractivity contribution >= 4 is 17.7 Å². The fourth-order valence-corrected chi connectivity index (χ4v) is 1.68. The van der Waals surface area contributed by atoms with Gasteiger partial charge in [-0.25, -0.2) is 9.78 Å². The Hall–Kier alpha value is -2.63. The predicted octanol–water partition coefficient (Wildman–Crippen LogP) is 1.24. The molecule has 0 bridgehead atoms. The first-order valence-electron chi connectivity index (χ1n) is 5.65. The minimum atomic E-state index is -1.06. The van der Waals surface area contributed by atoms with Gasteiger partial charge in [-0.05, 0) is 24.3 Å². The predicted molar refractivity (Wildman–Crippen MR) is 69.0 cm³/mol. The third-order valence-electron chi connectivity index (χ3n) is 2.72. The number of carbonyl (C=O) groups excluding carboxylic acids is 1. The number of rotatable bonds is 4. The zero-order valence-corrected chi connectivity index (χ0v) is 10.4. The maximum absolute atomic E-state index is 12.1. The molecule has 0 unspecified atom stereocenters. The highest BCUT2D eigenvalue weighted by Gasteiger charge is 2.15. The Balaban J connectivity index is 2.13. The van der Waals surface area contributed by atoms with E-state index in [1.807, 2.05) is 0 Å². The zero-order chi connectivity index (χ0) is 13.8. The average molecular weight is 259 g/mol. The van der Waals surface area contributed by atoms with E-state index in [0.29, 0.717) is 5.82 Å². The summed E-state index contributed by atoms with van der Waals surface area (Å²) in [5.74, 6) is -0.771. The molecule has 1 amide bonds. The summed E-state index contributed by atoms with van der Waals surface area (Å²) in [6, 6.07) is 8.31. The van der Waals surface area contributed by atoms with Gasteiger partial charge in [0.15, 0.2) is 0 Å². The van der Waals surface area contributed by atoms with Crippen LogP contribution in [-0.2, 0) is 11.3 Å². The van der Waals surface area contributed by atoms with E-state index >= 15 is 0 Å². The molecular formula is C13H13N3O3. The molecule has 6 heteroatoms. The van der Waals surface area contributed by atoms with E-state index in [1.165, 1.54) is 15.5 Å². The molecule has 0 saturated heterocycles. The second-order valence-electron chi connectivity index (χ2n) is 3.97. The molecule has 0 aromatic carbocycles. The molecular weight excluding hydrogens is 246 g/mol. The number of carbonyl (C=O) groups is 2. The van der Waals surface area contributed by atoms with Crippen LogP contribution in [0.5, 0.6) is 0 Å². The molecule has 0 saturated carbocycles. The SMILES string of the molecule is CN(C(=O)Cn1cccc1C(=O)O)c1ccccn1. The van der Waals surface area contributed by atoms with Gasteiger partial charge in [0.2, 0.25) is 5.91 Å². The first-order valence-corrected chi connectivity index (χ1v) is 5.65. The minimum absolute atomic E-state index is 0.0400. The van der Waals surface area contributed by atoms with Crippen molar-refractivity contribution in [3.63, 3.8) is 0 Å². The molecule has 0 aliphatic rings. The first-order chi connectivity index (χ1) is 9.09. The maximum atomic E-state index is 12.1. The second-order valence-corrected chi connectivity index (χ2v) is 3.97. The minimum Gasteiger partial charge on any atom is -0.477 e. The summed E-state index contributed by atoms with van der Waals surface area (Å²) in [4.78, 5) is 28.5. The topological polar surface area (TPSA) is 75.4 Å². The molecule has 1 N–H and O–H groups in total. The van der Waals surface area contributed by atoms with Gasteiger partial charge in [-0.1, -0.05) is 6.07 Å². The van der Waals surface area contributed by atoms with Crippen LogP contribution in [0.25, 0.3) is 0 Å². The third-order valence-corrected chi connectivity index (χ3v) is 2.72. The van der Waals surface area contributed by atoms with Gasteiger partial charge in [0.05, 0.1) is 0 Å². The Bertz CT molecular complexity index is 592. The van der Waals surface area contributed by atoms with Crippen molar-refractivity contribution in [3.8, 4) is 0 Å². The fraction of sp³-hybridized carbons (Fsp3) is 0.154. The van der Waals surface area contributed by atoms with Gasteiger partial charge < -0.3 is 9.67 Å². The number of likely N-dealkylation sites (N-methyl/N-ethyl adjacent to an activating group) is 1. The summed E-state index contributed by atoms with van der Waals surface area (Å²) in [6.45, 7) is -0.0400. The number of carboxylic acids is 1. The zero-order valence-electron chi connectivity index (χ0n) is 10.4. The molecule has 19 heavy (non-hydrogen) atoms. The van der Waals surface area contributed by atoms with E-state index in [0.717, 1.165) is 0 Å². The van der Waals surface area contributed by atoms with Crippen molar-refractivity contribution in [2.75, 3.05) is 11.9 Å². The Morgan fingerprint density at radius 2 is 2.11 bits per heavy atom. The highest BCUT2D eigenvalue weighted by molar-refractivity contribution is 5.93. The Labute approximate surface area is 109 Å². The molecule has 0 aliphatic heterocycles. The van der Waals surface area contributed by atoms with Crippen molar-refractivity contribution in [1.29, 1.82) is 0 Å². The van der Waals surface area contributed by atoms with E-state index in [-0.39, 0.29) is 18.1 Å². The van der Waals surface area contributed by atoms with Crippen molar-refractivity contribution in [2.24, 2.45) is 0 Å². The van der Waals surface area contributed by atoms with Gasteiger partial charge in [0, 0.05) is 19.4 Å². The van der Waals surface area contributed by atoms with E-state index in [2.05, 4.69) is 4.98 Å². The molecule has 2 rings (SSSR count). The first kappa shape index (κ1) is 12.8. The number of aromatic nitrogens is 2. The quantitative estimate of drug-likeness (QED) is 0.896. The number of anilines is 1. The standard InChI is InChI=1S/C13H13N3O3/c1-15(11-6-2-3-7-14-11)12(17)9-16-8-4-5-10(16)13(18)19/h2-8H,9H2,1H3,(H,18,19). The smallest absolute Gasteiger partial charge is 0.352 e. The van der Waals surface area contributed by atoms with Crippen LogP contribution < -0.4 is 4.90 Å². The Kier molecular flexibility index (Phi) is 3.61. The molecule has 0 aliphatic carbocycles. The molecule has 98 valence electrons. The van der Waals surface area contributed by atoms with Crippen LogP contribution in [0.2, 0.25) is 0 Å². The van der Waals surface area contributed by atoms with E-state index in [1.54, 1.807) is 43.7 Å². The van der Waals surface area contributed by atoms with E-state index in [4.69, 9.17) is 5.11 Å². The number of carboxylic acid groups (broad SMARTS) is 1. The number of amides is 1. The molecule has 6 nitrogen and oxygen atoms in total. The summed E-state index contributed by atoms with van der Waals surface area (Å²) in [6.07, 6.45) is 3.16. The molecule has 2 aromatic rings. The lowest BCUT2D eigenvalue weighted by Crippen LogP contribution is -2.31. The number of hydrogen-bond acceptors (Lipinski definition) is 3. The van der Waals surface area contributed by atoms with Gasteiger partial charge in [-0.2, -0.15) is 0 Å². The highest BCUT2D eigenvalue weighted by atomic mass is 16.4. The van der Waals surface area contributed by atoms with Crippen molar-refractivity contribution in [1.82, 2.24) is 9.55 Å². The molecule has 2 heterocycles. The van der Waals surface area contributed by atoms with Crippen LogP contribution in [0.3, 0.4) is 0 Å². The number of pyridine rings is 1. The van der Waals surface area contributed by atoms with Crippen LogP contribution in [0.4, 0.5) is 5.82 Å². The lowest BCUT2D eigenvalue weighted by molar-refractivity contribution is -0.118. The van der Waals surface area contributed by atoms with Crippen LogP contribution >= 0.6 is 0 Å². The summed E-state index contributed by atoms with van der Waals surface area (Å²) in [5, 5.41) is 8.96. The van der Waals surface area contributed by atoms with Gasteiger partial charge in [-0.3, -0.25) is 9.69 Å². The average Bonchev–Trinajstić information content (AvgIpc) is 2.87. The molecule has 0 fully saturated rings. The van der Waals surface area contributed by atoms with Gasteiger partial charge >= 0.3 is 5.97 Å². The molecule has 0 radical (unpaired) electrons. The van der Waals surface area contributed by atoms with Crippen LogP contribution in [0.15, 0.2) is 42.7 Å². The summed E-state index contributed by atoms with van der Waals surface area (Å²) in [5.41, 5.74) is 0.0859. The summed E-state index contributed by atoms with van der Waals surface area (Å²) >= 11 is 0. The van der Waals surface area contributed by atoms with Gasteiger partial charge in [-0.15, -0.1) is 0 Å². The van der Waals surface area contributed by atoms with Crippen LogP contribution in [0, 0.1) is 0 Å². The van der Waals surface area contributed by atoms with E-state index < -0.39 is 5.97 Å². The summed E-state index contributed by atoms with van der Waals surface area (Å²) < 4.78 is 1.39. The largest absolute Gasteiger partial charge is 0.477 e. The van der Waals surface area contributed by atoms with Crippen molar-refractivity contribution < 1.29 is 14.7 Å². The van der Waals surface area contributed by atoms with Crippen molar-refractivity contribution in [3.05, 3.63) is 48.4 Å². The molecule has 0 atom stereocenters. The fourth-order valence-electron chi connectivity index (χ4n) is 1.68. The van der Waals surface area contributed by atoms with Crippen LogP contribution in [0.1, 0.15) is 10.5 Å². The summed E-state index contributed by atoms with van der Waals surface area (Å²) in [7, 11) is 1.61. The van der Waals surface area contributed by atoms with Gasteiger partial charge in [0.1, 0.15) is 18.1 Å². The number of nitrogens with zero attached hydrogens (tertiary/aromatic N) is 3. The highest BCUT2D eigenvalue weighted by Crippen LogP contribution is 2.09. The monoisotopic (exact) mass is 259 g/mol. The van der Waals surface area contributed by atoms with Crippen LogP contribution in [-0.4, -0.2) is 33.6 Å². The lowest BCUT2D eigenvalue weighted by atomic mass is 10.4. The third kappa shape index (κ3) is 2.79. The normalized spacial score (nSPS) is 10.2. The second kappa shape index (κ2) is 5.34. The van der Waals surface area contributed by atoms with Crippen molar-refractivity contribution in [2.45, 2.75) is 6.54 Å². The molecule has 0 spiro atoms. The Morgan fingerprint density at radius 3 is 2.74 bits per heavy atom. The number of aromatic carboxylic acids is 1. The number of hydrogen-bond donors (Lipinski definition) is 1.